The summed E-state index contributed by atoms with van der Waals surface area (Å²) in [5, 5.41) is 2.78. The molecule has 2 aromatic rings. The van der Waals surface area contributed by atoms with Crippen LogP contribution in [0.4, 0.5) is 5.69 Å². The molecule has 3 aliphatic rings. The van der Waals surface area contributed by atoms with Crippen molar-refractivity contribution in [2.24, 2.45) is 0 Å². The summed E-state index contributed by atoms with van der Waals surface area (Å²) in [6.45, 7) is -0.251. The highest BCUT2D eigenvalue weighted by molar-refractivity contribution is 9.10. The average molecular weight is 582 g/mol. The molecule has 0 aromatic heterocycles. The Labute approximate surface area is 229 Å². The van der Waals surface area contributed by atoms with E-state index in [1.54, 1.807) is 37.4 Å². The van der Waals surface area contributed by atoms with E-state index in [1.807, 2.05) is 6.07 Å². The Kier molecular flexibility index (Phi) is 7.56. The molecular weight excluding hydrogens is 554 g/mol. The van der Waals surface area contributed by atoms with Crippen molar-refractivity contribution in [3.05, 3.63) is 69.1 Å². The van der Waals surface area contributed by atoms with E-state index in [2.05, 4.69) is 21.2 Å². The van der Waals surface area contributed by atoms with Gasteiger partial charge in [0.05, 0.1) is 18.7 Å². The van der Waals surface area contributed by atoms with Gasteiger partial charge < -0.3 is 24.3 Å². The first-order valence-electron chi connectivity index (χ1n) is 12.5. The lowest BCUT2D eigenvalue weighted by Gasteiger charge is -2.36. The lowest BCUT2D eigenvalue weighted by molar-refractivity contribution is -0.119. The van der Waals surface area contributed by atoms with Gasteiger partial charge in [0.25, 0.3) is 5.91 Å². The largest absolute Gasteiger partial charge is 0.497 e. The number of rotatable bonds is 7. The van der Waals surface area contributed by atoms with Crippen LogP contribution < -0.4 is 19.5 Å². The fourth-order valence-corrected chi connectivity index (χ4v) is 5.78. The number of allylic oxidation sites excluding steroid dienone is 4. The van der Waals surface area contributed by atoms with Gasteiger partial charge in [0.2, 0.25) is 0 Å². The number of amides is 1. The minimum Gasteiger partial charge on any atom is -0.497 e. The van der Waals surface area contributed by atoms with Crippen molar-refractivity contribution in [1.29, 1.82) is 0 Å². The van der Waals surface area contributed by atoms with Gasteiger partial charge in [-0.1, -0.05) is 0 Å². The van der Waals surface area contributed by atoms with Crippen molar-refractivity contribution in [3.63, 3.8) is 0 Å². The van der Waals surface area contributed by atoms with Crippen LogP contribution in [0.1, 0.15) is 50.0 Å². The maximum absolute atomic E-state index is 13.1. The quantitative estimate of drug-likeness (QED) is 0.453. The van der Waals surface area contributed by atoms with Crippen LogP contribution in [0.3, 0.4) is 0 Å². The fraction of sp³-hybridized carbons (Fsp3) is 0.345. The van der Waals surface area contributed by atoms with Crippen LogP contribution in [0.2, 0.25) is 0 Å². The van der Waals surface area contributed by atoms with Crippen molar-refractivity contribution in [2.75, 3.05) is 26.1 Å². The SMILES string of the molecule is COc1ccc(NC(=O)COc2c(Br)cc(C3C4=C(CCCC4=O)OC4=C3C(=O)CCC4)cc2OC)cc1. The van der Waals surface area contributed by atoms with Crippen molar-refractivity contribution in [2.45, 2.75) is 44.4 Å². The molecule has 5 rings (SSSR count). The molecule has 2 aromatic carbocycles. The maximum atomic E-state index is 13.1. The first-order chi connectivity index (χ1) is 18.4. The van der Waals surface area contributed by atoms with Crippen LogP contribution >= 0.6 is 15.9 Å². The zero-order valence-electron chi connectivity index (χ0n) is 21.2. The molecule has 9 heteroatoms. The Hall–Kier alpha value is -3.59. The van der Waals surface area contributed by atoms with Gasteiger partial charge in [0.15, 0.2) is 29.7 Å². The van der Waals surface area contributed by atoms with E-state index >= 15 is 0 Å². The van der Waals surface area contributed by atoms with Gasteiger partial charge >= 0.3 is 0 Å². The Bertz CT molecular complexity index is 1320. The molecule has 1 amide bonds. The summed E-state index contributed by atoms with van der Waals surface area (Å²) < 4.78 is 23.3. The van der Waals surface area contributed by atoms with E-state index in [0.717, 1.165) is 18.4 Å². The number of hydrogen-bond donors (Lipinski definition) is 1. The van der Waals surface area contributed by atoms with E-state index in [9.17, 15) is 14.4 Å². The number of nitrogens with one attached hydrogen (secondary N) is 1. The molecule has 1 heterocycles. The van der Waals surface area contributed by atoms with Crippen LogP contribution in [0.25, 0.3) is 0 Å². The smallest absolute Gasteiger partial charge is 0.262 e. The monoisotopic (exact) mass is 581 g/mol. The summed E-state index contributed by atoms with van der Waals surface area (Å²) in [4.78, 5) is 38.7. The number of hydrogen-bond acceptors (Lipinski definition) is 7. The van der Waals surface area contributed by atoms with E-state index < -0.39 is 5.92 Å². The number of Topliss-reactive ketones (excluding diaryl/α,β-unsaturated/α-hetero) is 2. The number of benzene rings is 2. The standard InChI is InChI=1S/C29H28BrNO7/c1-35-18-11-9-17(10-12-18)31-25(34)15-37-29-19(30)13-16(14-24(29)36-2)26-27-20(32)5-3-7-22(27)38-23-8-4-6-21(33)28(23)26/h9-14,26H,3-8,15H2,1-2H3,(H,31,34). The maximum Gasteiger partial charge on any atom is 0.262 e. The molecule has 198 valence electrons. The number of ether oxygens (including phenoxy) is 4. The fourth-order valence-electron chi connectivity index (χ4n) is 5.21. The molecule has 1 N–H and O–H groups in total. The van der Waals surface area contributed by atoms with Gasteiger partial charge in [-0.2, -0.15) is 0 Å². The van der Waals surface area contributed by atoms with E-state index in [4.69, 9.17) is 18.9 Å². The lowest BCUT2D eigenvalue weighted by Crippen LogP contribution is -2.30. The Morgan fingerprint density at radius 1 is 0.947 bits per heavy atom. The van der Waals surface area contributed by atoms with Crippen LogP contribution in [-0.4, -0.2) is 38.3 Å². The minimum absolute atomic E-state index is 0.00629. The highest BCUT2D eigenvalue weighted by Gasteiger charge is 2.42. The molecule has 8 nitrogen and oxygen atoms in total. The second-order valence-electron chi connectivity index (χ2n) is 9.36. The predicted molar refractivity (Wildman–Crippen MR) is 143 cm³/mol. The van der Waals surface area contributed by atoms with Crippen molar-refractivity contribution in [3.8, 4) is 17.2 Å². The number of anilines is 1. The molecule has 1 aliphatic heterocycles. The summed E-state index contributed by atoms with van der Waals surface area (Å²) in [7, 11) is 3.08. The van der Waals surface area contributed by atoms with Crippen LogP contribution in [0.15, 0.2) is 63.5 Å². The first kappa shape index (κ1) is 26.0. The topological polar surface area (TPSA) is 100 Å². The highest BCUT2D eigenvalue weighted by atomic mass is 79.9. The molecule has 2 aliphatic carbocycles. The third kappa shape index (κ3) is 5.07. The number of carbonyl (C=O) groups is 3. The van der Waals surface area contributed by atoms with Crippen molar-refractivity contribution >= 4 is 39.1 Å². The summed E-state index contributed by atoms with van der Waals surface area (Å²) in [5.74, 6) is 1.91. The number of methoxy groups -OCH3 is 2. The molecule has 38 heavy (non-hydrogen) atoms. The van der Waals surface area contributed by atoms with E-state index in [0.29, 0.717) is 75.8 Å². The number of ketones is 2. The van der Waals surface area contributed by atoms with Crippen LogP contribution in [0.5, 0.6) is 17.2 Å². The molecule has 0 radical (unpaired) electrons. The highest BCUT2D eigenvalue weighted by Crippen LogP contribution is 2.50. The molecular formula is C29H28BrNO7. The van der Waals surface area contributed by atoms with Gasteiger partial charge in [-0.3, -0.25) is 14.4 Å². The average Bonchev–Trinajstić information content (AvgIpc) is 2.91. The molecule has 0 saturated carbocycles. The Balaban J connectivity index is 1.42. The summed E-state index contributed by atoms with van der Waals surface area (Å²) in [5.41, 5.74) is 2.47. The third-order valence-corrected chi connectivity index (χ3v) is 7.54. The third-order valence-electron chi connectivity index (χ3n) is 6.95. The van der Waals surface area contributed by atoms with Crippen LogP contribution in [-0.2, 0) is 19.1 Å². The van der Waals surface area contributed by atoms with Gasteiger partial charge in [-0.25, -0.2) is 0 Å². The molecule has 0 spiro atoms. The summed E-state index contributed by atoms with van der Waals surface area (Å²) in [6.07, 6.45) is 3.67. The van der Waals surface area contributed by atoms with E-state index in [-0.39, 0.29) is 24.1 Å². The predicted octanol–water partition coefficient (Wildman–Crippen LogP) is 5.61. The summed E-state index contributed by atoms with van der Waals surface area (Å²) in [6, 6.07) is 10.6. The minimum atomic E-state index is -0.521. The van der Waals surface area contributed by atoms with Gasteiger partial charge in [-0.15, -0.1) is 0 Å². The first-order valence-corrected chi connectivity index (χ1v) is 13.3. The Morgan fingerprint density at radius 3 is 2.16 bits per heavy atom. The van der Waals surface area contributed by atoms with Crippen LogP contribution in [0, 0.1) is 0 Å². The Morgan fingerprint density at radius 2 is 1.58 bits per heavy atom. The normalized spacial score (nSPS) is 17.4. The van der Waals surface area contributed by atoms with Gasteiger partial charge in [0, 0.05) is 48.4 Å². The molecule has 0 saturated heterocycles. The van der Waals surface area contributed by atoms with Gasteiger partial charge in [-0.05, 0) is 70.7 Å². The van der Waals surface area contributed by atoms with Crippen molar-refractivity contribution < 1.29 is 33.3 Å². The lowest BCUT2D eigenvalue weighted by atomic mass is 9.73. The molecule has 0 fully saturated rings. The second kappa shape index (κ2) is 11.0. The van der Waals surface area contributed by atoms with E-state index in [1.165, 1.54) is 7.11 Å². The molecule has 0 unspecified atom stereocenters. The van der Waals surface area contributed by atoms with Gasteiger partial charge in [0.1, 0.15) is 17.3 Å². The zero-order valence-corrected chi connectivity index (χ0v) is 22.8. The zero-order chi connectivity index (χ0) is 26.8. The second-order valence-corrected chi connectivity index (χ2v) is 10.2. The molecule has 0 atom stereocenters. The summed E-state index contributed by atoms with van der Waals surface area (Å²) >= 11 is 3.56. The molecule has 0 bridgehead atoms. The number of carbonyl (C=O) groups excluding carboxylic acids is 3. The number of halogens is 1. The van der Waals surface area contributed by atoms with Crippen molar-refractivity contribution in [1.82, 2.24) is 0 Å².